The molecule has 2 rings (SSSR count). The molecular weight excluding hydrogens is 332 g/mol. The Bertz CT molecular complexity index is 660. The minimum absolute atomic E-state index is 0.152. The lowest BCUT2D eigenvalue weighted by Crippen LogP contribution is -2.14. The van der Waals surface area contributed by atoms with Crippen LogP contribution in [0.4, 0.5) is 5.13 Å². The van der Waals surface area contributed by atoms with Gasteiger partial charge in [0.2, 0.25) is 5.91 Å². The molecule has 0 radical (unpaired) electrons. The maximum absolute atomic E-state index is 11.8. The molecule has 1 amide bonds. The van der Waals surface area contributed by atoms with E-state index in [-0.39, 0.29) is 18.1 Å². The quantitative estimate of drug-likeness (QED) is 0.788. The number of rotatable bonds is 6. The summed E-state index contributed by atoms with van der Waals surface area (Å²) in [4.78, 5) is 27.2. The SMILES string of the molecule is O=C(O)Cc1csc(NC(=O)CSc2ccccc2Cl)n1. The Morgan fingerprint density at radius 1 is 1.38 bits per heavy atom. The molecule has 0 fully saturated rings. The number of carbonyl (C=O) groups excluding carboxylic acids is 1. The first kappa shape index (κ1) is 15.8. The highest BCUT2D eigenvalue weighted by Gasteiger charge is 2.10. The Balaban J connectivity index is 1.86. The molecule has 1 aromatic heterocycles. The van der Waals surface area contributed by atoms with Crippen molar-refractivity contribution in [3.05, 3.63) is 40.4 Å². The lowest BCUT2D eigenvalue weighted by molar-refractivity contribution is -0.136. The average Bonchev–Trinajstić information content (AvgIpc) is 2.84. The van der Waals surface area contributed by atoms with Gasteiger partial charge >= 0.3 is 5.97 Å². The maximum Gasteiger partial charge on any atom is 0.309 e. The molecule has 0 aliphatic heterocycles. The summed E-state index contributed by atoms with van der Waals surface area (Å²) in [6.07, 6.45) is -0.152. The van der Waals surface area contributed by atoms with E-state index in [4.69, 9.17) is 16.7 Å². The van der Waals surface area contributed by atoms with Crippen molar-refractivity contribution in [2.24, 2.45) is 0 Å². The second kappa shape index (κ2) is 7.44. The van der Waals surface area contributed by atoms with Crippen LogP contribution in [0.5, 0.6) is 0 Å². The van der Waals surface area contributed by atoms with Crippen molar-refractivity contribution in [1.82, 2.24) is 4.98 Å². The largest absolute Gasteiger partial charge is 0.481 e. The number of hydrogen-bond acceptors (Lipinski definition) is 5. The number of nitrogens with zero attached hydrogens (tertiary/aromatic N) is 1. The van der Waals surface area contributed by atoms with E-state index in [0.717, 1.165) is 4.90 Å². The first-order valence-electron chi connectivity index (χ1n) is 5.88. The zero-order chi connectivity index (χ0) is 15.2. The van der Waals surface area contributed by atoms with Gasteiger partial charge in [-0.15, -0.1) is 23.1 Å². The van der Waals surface area contributed by atoms with Crippen LogP contribution < -0.4 is 5.32 Å². The number of aliphatic carboxylic acids is 1. The highest BCUT2D eigenvalue weighted by Crippen LogP contribution is 2.26. The van der Waals surface area contributed by atoms with Crippen LogP contribution in [-0.2, 0) is 16.0 Å². The predicted molar refractivity (Wildman–Crippen MR) is 84.3 cm³/mol. The molecule has 5 nitrogen and oxygen atoms in total. The van der Waals surface area contributed by atoms with Gasteiger partial charge in [0.25, 0.3) is 0 Å². The summed E-state index contributed by atoms with van der Waals surface area (Å²) in [7, 11) is 0. The fourth-order valence-electron chi connectivity index (χ4n) is 1.46. The van der Waals surface area contributed by atoms with E-state index >= 15 is 0 Å². The second-order valence-electron chi connectivity index (χ2n) is 3.98. The van der Waals surface area contributed by atoms with Crippen LogP contribution in [-0.4, -0.2) is 27.7 Å². The minimum atomic E-state index is -0.951. The first-order valence-corrected chi connectivity index (χ1v) is 8.12. The van der Waals surface area contributed by atoms with Gasteiger partial charge < -0.3 is 10.4 Å². The number of benzene rings is 1. The molecule has 1 heterocycles. The lowest BCUT2D eigenvalue weighted by atomic mass is 10.3. The van der Waals surface area contributed by atoms with Gasteiger partial charge in [-0.2, -0.15) is 0 Å². The summed E-state index contributed by atoms with van der Waals surface area (Å²) in [6, 6.07) is 7.28. The normalized spacial score (nSPS) is 10.3. The predicted octanol–water partition coefficient (Wildman–Crippen LogP) is 3.15. The van der Waals surface area contributed by atoms with Crippen molar-refractivity contribution < 1.29 is 14.7 Å². The number of hydrogen-bond donors (Lipinski definition) is 2. The molecule has 0 spiro atoms. The Morgan fingerprint density at radius 3 is 2.86 bits per heavy atom. The first-order chi connectivity index (χ1) is 10.0. The molecule has 0 unspecified atom stereocenters. The van der Waals surface area contributed by atoms with Crippen LogP contribution in [0, 0.1) is 0 Å². The van der Waals surface area contributed by atoms with Gasteiger partial charge in [-0.25, -0.2) is 4.98 Å². The van der Waals surface area contributed by atoms with E-state index in [1.54, 1.807) is 11.4 Å². The summed E-state index contributed by atoms with van der Waals surface area (Å²) in [5.74, 6) is -0.957. The number of thioether (sulfide) groups is 1. The van der Waals surface area contributed by atoms with E-state index in [2.05, 4.69) is 10.3 Å². The Hall–Kier alpha value is -1.57. The van der Waals surface area contributed by atoms with Crippen LogP contribution in [0.1, 0.15) is 5.69 Å². The van der Waals surface area contributed by atoms with Crippen molar-refractivity contribution in [1.29, 1.82) is 0 Å². The number of carbonyl (C=O) groups is 2. The van der Waals surface area contributed by atoms with E-state index < -0.39 is 5.97 Å². The Labute approximate surface area is 134 Å². The Kier molecular flexibility index (Phi) is 5.60. The summed E-state index contributed by atoms with van der Waals surface area (Å²) in [5, 5.41) is 13.9. The molecule has 0 aliphatic carbocycles. The van der Waals surface area contributed by atoms with Crippen molar-refractivity contribution in [2.45, 2.75) is 11.3 Å². The van der Waals surface area contributed by atoms with E-state index in [0.29, 0.717) is 15.8 Å². The number of aromatic nitrogens is 1. The van der Waals surface area contributed by atoms with Gasteiger partial charge in [0, 0.05) is 10.3 Å². The number of anilines is 1. The van der Waals surface area contributed by atoms with Gasteiger partial charge in [0.15, 0.2) is 5.13 Å². The fraction of sp³-hybridized carbons (Fsp3) is 0.154. The molecule has 1 aromatic carbocycles. The smallest absolute Gasteiger partial charge is 0.309 e. The number of amides is 1. The zero-order valence-electron chi connectivity index (χ0n) is 10.7. The van der Waals surface area contributed by atoms with Crippen molar-refractivity contribution in [3.8, 4) is 0 Å². The van der Waals surface area contributed by atoms with Crippen molar-refractivity contribution in [3.63, 3.8) is 0 Å². The van der Waals surface area contributed by atoms with E-state index in [1.165, 1.54) is 23.1 Å². The third-order valence-corrected chi connectivity index (χ3v) is 4.65. The maximum atomic E-state index is 11.8. The van der Waals surface area contributed by atoms with Crippen LogP contribution in [0.15, 0.2) is 34.5 Å². The summed E-state index contributed by atoms with van der Waals surface area (Å²) < 4.78 is 0. The van der Waals surface area contributed by atoms with Crippen LogP contribution >= 0.6 is 34.7 Å². The molecule has 21 heavy (non-hydrogen) atoms. The summed E-state index contributed by atoms with van der Waals surface area (Å²) >= 11 is 8.53. The summed E-state index contributed by atoms with van der Waals surface area (Å²) in [5.41, 5.74) is 0.432. The third-order valence-electron chi connectivity index (χ3n) is 2.33. The topological polar surface area (TPSA) is 79.3 Å². The number of nitrogens with one attached hydrogen (secondary N) is 1. The molecule has 0 saturated heterocycles. The average molecular weight is 343 g/mol. The molecule has 2 N–H and O–H groups in total. The third kappa shape index (κ3) is 5.04. The molecule has 0 saturated carbocycles. The molecule has 0 atom stereocenters. The number of carboxylic acid groups (broad SMARTS) is 1. The highest BCUT2D eigenvalue weighted by molar-refractivity contribution is 8.00. The monoisotopic (exact) mass is 342 g/mol. The standard InChI is InChI=1S/C13H11ClN2O3S2/c14-9-3-1-2-4-10(9)20-7-11(17)16-13-15-8(6-21-13)5-12(18)19/h1-4,6H,5,7H2,(H,18,19)(H,15,16,17). The van der Waals surface area contributed by atoms with Crippen LogP contribution in [0.2, 0.25) is 5.02 Å². The van der Waals surface area contributed by atoms with Gasteiger partial charge in [0.1, 0.15) is 0 Å². The number of carboxylic acids is 1. The molecular formula is C13H11ClN2O3S2. The van der Waals surface area contributed by atoms with Crippen molar-refractivity contribution in [2.75, 3.05) is 11.1 Å². The number of thiazole rings is 1. The zero-order valence-corrected chi connectivity index (χ0v) is 13.1. The van der Waals surface area contributed by atoms with Gasteiger partial charge in [0.05, 0.1) is 22.9 Å². The van der Waals surface area contributed by atoms with Gasteiger partial charge in [-0.05, 0) is 12.1 Å². The molecule has 8 heteroatoms. The van der Waals surface area contributed by atoms with E-state index in [1.807, 2.05) is 18.2 Å². The molecule has 110 valence electrons. The molecule has 0 bridgehead atoms. The minimum Gasteiger partial charge on any atom is -0.481 e. The van der Waals surface area contributed by atoms with E-state index in [9.17, 15) is 9.59 Å². The highest BCUT2D eigenvalue weighted by atomic mass is 35.5. The van der Waals surface area contributed by atoms with Gasteiger partial charge in [-0.1, -0.05) is 23.7 Å². The molecule has 2 aromatic rings. The van der Waals surface area contributed by atoms with Crippen LogP contribution in [0.25, 0.3) is 0 Å². The molecule has 0 aliphatic rings. The van der Waals surface area contributed by atoms with Crippen molar-refractivity contribution >= 4 is 51.7 Å². The van der Waals surface area contributed by atoms with Crippen LogP contribution in [0.3, 0.4) is 0 Å². The summed E-state index contributed by atoms with van der Waals surface area (Å²) in [6.45, 7) is 0. The van der Waals surface area contributed by atoms with Gasteiger partial charge in [-0.3, -0.25) is 9.59 Å². The number of halogens is 1. The fourth-order valence-corrected chi connectivity index (χ4v) is 3.23. The second-order valence-corrected chi connectivity index (χ2v) is 6.26. The Morgan fingerprint density at radius 2 is 2.14 bits per heavy atom. The lowest BCUT2D eigenvalue weighted by Gasteiger charge is -2.03.